The maximum Gasteiger partial charge on any atom is 0.302 e. The molecule has 1 aliphatic heterocycles. The van der Waals surface area contributed by atoms with Gasteiger partial charge in [0, 0.05) is 12.1 Å². The zero-order chi connectivity index (χ0) is 13.6. The maximum atomic E-state index is 11.4. The fourth-order valence-electron chi connectivity index (χ4n) is 1.81. The highest BCUT2D eigenvalue weighted by molar-refractivity contribution is 5.80. The Bertz CT molecular complexity index is 839. The number of aromatic hydroxyl groups is 1. The Morgan fingerprint density at radius 3 is 2.79 bits per heavy atom. The van der Waals surface area contributed by atoms with Crippen LogP contribution in [0.1, 0.15) is 0 Å². The van der Waals surface area contributed by atoms with E-state index in [-0.39, 0.29) is 22.8 Å². The lowest BCUT2D eigenvalue weighted by atomic mass is 10.2. The lowest BCUT2D eigenvalue weighted by Crippen LogP contribution is -2.05. The van der Waals surface area contributed by atoms with E-state index in [9.17, 15) is 20.0 Å². The van der Waals surface area contributed by atoms with E-state index >= 15 is 0 Å². The molecule has 1 aromatic rings. The number of hydrogen-bond acceptors (Lipinski definition) is 6. The minimum absolute atomic E-state index is 0.00258. The molecule has 19 heavy (non-hydrogen) atoms. The van der Waals surface area contributed by atoms with Crippen LogP contribution in [0.4, 0.5) is 5.69 Å². The van der Waals surface area contributed by atoms with Crippen molar-refractivity contribution in [1.29, 1.82) is 0 Å². The van der Waals surface area contributed by atoms with Crippen molar-refractivity contribution in [3.8, 4) is 17.2 Å². The molecule has 0 unspecified atom stereocenters. The predicted molar refractivity (Wildman–Crippen MR) is 65.2 cm³/mol. The third-order valence-corrected chi connectivity index (χ3v) is 2.62. The Morgan fingerprint density at radius 1 is 1.26 bits per heavy atom. The Morgan fingerprint density at radius 2 is 2.05 bits per heavy atom. The summed E-state index contributed by atoms with van der Waals surface area (Å²) in [6.45, 7) is 0. The molecule has 0 spiro atoms. The van der Waals surface area contributed by atoms with Crippen LogP contribution >= 0.6 is 0 Å². The molecule has 0 bridgehead atoms. The second-order valence-electron chi connectivity index (χ2n) is 3.91. The highest BCUT2D eigenvalue weighted by Gasteiger charge is 2.23. The van der Waals surface area contributed by atoms with Crippen LogP contribution < -0.4 is 5.43 Å². The summed E-state index contributed by atoms with van der Waals surface area (Å²) >= 11 is 0. The molecule has 7 heteroatoms. The summed E-state index contributed by atoms with van der Waals surface area (Å²) < 4.78 is 5.37. The first-order valence-corrected chi connectivity index (χ1v) is 5.26. The van der Waals surface area contributed by atoms with Crippen molar-refractivity contribution in [3.63, 3.8) is 0 Å². The van der Waals surface area contributed by atoms with Gasteiger partial charge in [-0.25, -0.2) is 4.98 Å². The number of aromatic nitrogens is 1. The Labute approximate surface area is 105 Å². The van der Waals surface area contributed by atoms with Gasteiger partial charge in [-0.05, 0) is 12.1 Å². The minimum Gasteiger partial charge on any atom is -0.508 e. The van der Waals surface area contributed by atoms with Crippen molar-refractivity contribution in [1.82, 2.24) is 4.98 Å². The number of fused-ring (bicyclic) bond motifs is 2. The van der Waals surface area contributed by atoms with E-state index < -0.39 is 16.0 Å². The topological polar surface area (TPSA) is 106 Å². The van der Waals surface area contributed by atoms with Gasteiger partial charge in [0.05, 0.1) is 11.0 Å². The highest BCUT2D eigenvalue weighted by Crippen LogP contribution is 2.31. The first-order valence-electron chi connectivity index (χ1n) is 5.26. The van der Waals surface area contributed by atoms with Gasteiger partial charge < -0.3 is 9.52 Å². The van der Waals surface area contributed by atoms with Crippen molar-refractivity contribution in [2.45, 2.75) is 0 Å². The summed E-state index contributed by atoms with van der Waals surface area (Å²) in [7, 11) is 0. The van der Waals surface area contributed by atoms with Gasteiger partial charge in [-0.3, -0.25) is 14.9 Å². The molecule has 1 N–H and O–H groups in total. The normalized spacial score (nSPS) is 10.9. The molecule has 0 fully saturated rings. The van der Waals surface area contributed by atoms with Crippen LogP contribution in [-0.4, -0.2) is 15.0 Å². The summed E-state index contributed by atoms with van der Waals surface area (Å²) in [6.07, 6.45) is 0. The number of phenolic OH excluding ortho intramolecular Hbond substituents is 1. The van der Waals surface area contributed by atoms with Crippen LogP contribution in [0.2, 0.25) is 0 Å². The average Bonchev–Trinajstić information content (AvgIpc) is 2.35. The van der Waals surface area contributed by atoms with Crippen LogP contribution in [0, 0.1) is 10.1 Å². The second-order valence-corrected chi connectivity index (χ2v) is 3.91. The summed E-state index contributed by atoms with van der Waals surface area (Å²) in [5, 5.41) is 20.2. The van der Waals surface area contributed by atoms with Crippen molar-refractivity contribution in [3.05, 3.63) is 50.7 Å². The number of benzene rings is 2. The quantitative estimate of drug-likeness (QED) is 0.406. The van der Waals surface area contributed by atoms with Crippen molar-refractivity contribution < 1.29 is 14.4 Å². The van der Waals surface area contributed by atoms with E-state index in [0.717, 1.165) is 12.1 Å². The van der Waals surface area contributed by atoms with Gasteiger partial charge >= 0.3 is 5.69 Å². The highest BCUT2D eigenvalue weighted by atomic mass is 16.6. The Kier molecular flexibility index (Phi) is 2.21. The van der Waals surface area contributed by atoms with Crippen LogP contribution in [0.5, 0.6) is 5.75 Å². The predicted octanol–water partition coefficient (Wildman–Crippen LogP) is 1.91. The van der Waals surface area contributed by atoms with E-state index in [2.05, 4.69) is 4.98 Å². The second kappa shape index (κ2) is 3.77. The first kappa shape index (κ1) is 11.1. The number of hydrogen-bond donors (Lipinski definition) is 1. The average molecular weight is 258 g/mol. The monoisotopic (exact) mass is 258 g/mol. The van der Waals surface area contributed by atoms with E-state index in [1.54, 1.807) is 0 Å². The van der Waals surface area contributed by atoms with E-state index in [0.29, 0.717) is 5.52 Å². The third kappa shape index (κ3) is 1.77. The number of nitro benzene ring substituents is 1. The fourth-order valence-corrected chi connectivity index (χ4v) is 1.81. The van der Waals surface area contributed by atoms with Gasteiger partial charge in [-0.15, -0.1) is 0 Å². The molecule has 1 heterocycles. The molecule has 0 saturated heterocycles. The fraction of sp³-hybridized carbons (Fsp3) is 0. The molecular formula is C12H6N2O5. The third-order valence-electron chi connectivity index (χ3n) is 2.62. The number of nitrogens with zero attached hydrogens (tertiary/aromatic N) is 2. The standard InChI is InChI=1S/C12H6N2O5/c15-6-1-2-8-10(4-6)19-11-5-7(16)3-9(14(17)18)12(11)13-8/h1-5,15H. The van der Waals surface area contributed by atoms with Crippen molar-refractivity contribution in [2.75, 3.05) is 0 Å². The number of rotatable bonds is 1. The van der Waals surface area contributed by atoms with Gasteiger partial charge in [0.1, 0.15) is 11.3 Å². The van der Waals surface area contributed by atoms with Gasteiger partial charge in [0.25, 0.3) is 0 Å². The molecule has 7 nitrogen and oxygen atoms in total. The van der Waals surface area contributed by atoms with Gasteiger partial charge in [0.15, 0.2) is 22.5 Å². The van der Waals surface area contributed by atoms with Crippen LogP contribution in [0.15, 0.2) is 39.5 Å². The maximum absolute atomic E-state index is 11.4. The molecule has 0 amide bonds. The zero-order valence-corrected chi connectivity index (χ0v) is 9.36. The molecule has 0 saturated carbocycles. The molecule has 1 aromatic carbocycles. The zero-order valence-electron chi connectivity index (χ0n) is 9.36. The largest absolute Gasteiger partial charge is 0.508 e. The lowest BCUT2D eigenvalue weighted by molar-refractivity contribution is -0.384. The summed E-state index contributed by atoms with van der Waals surface area (Å²) in [6, 6.07) is 6.22. The molecule has 1 aliphatic carbocycles. The summed E-state index contributed by atoms with van der Waals surface area (Å²) in [4.78, 5) is 25.7. The summed E-state index contributed by atoms with van der Waals surface area (Å²) in [5.74, 6) is -0.0116. The number of phenols is 1. The molecule has 0 atom stereocenters. The minimum atomic E-state index is -0.682. The van der Waals surface area contributed by atoms with Gasteiger partial charge in [0.2, 0.25) is 0 Å². The Hall–Kier alpha value is -2.96. The molecule has 0 aromatic heterocycles. The van der Waals surface area contributed by atoms with Crippen LogP contribution in [0.3, 0.4) is 0 Å². The van der Waals surface area contributed by atoms with E-state index in [1.807, 2.05) is 0 Å². The van der Waals surface area contributed by atoms with Crippen LogP contribution in [-0.2, 0) is 0 Å². The van der Waals surface area contributed by atoms with E-state index in [4.69, 9.17) is 4.42 Å². The Balaban J connectivity index is 2.47. The first-order chi connectivity index (χ1) is 9.04. The van der Waals surface area contributed by atoms with Gasteiger partial charge in [-0.1, -0.05) is 0 Å². The smallest absolute Gasteiger partial charge is 0.302 e. The van der Waals surface area contributed by atoms with Crippen molar-refractivity contribution in [2.24, 2.45) is 0 Å². The van der Waals surface area contributed by atoms with Crippen LogP contribution in [0.25, 0.3) is 22.6 Å². The molecule has 0 radical (unpaired) electrons. The SMILES string of the molecule is O=c1cc2oc3cc(O)ccc3nc-2c([N+](=O)[O-])c1. The molecule has 2 aliphatic rings. The van der Waals surface area contributed by atoms with E-state index in [1.165, 1.54) is 18.2 Å². The molecule has 3 rings (SSSR count). The summed E-state index contributed by atoms with van der Waals surface area (Å²) in [5.41, 5.74) is -0.340. The molecular weight excluding hydrogens is 252 g/mol. The van der Waals surface area contributed by atoms with Crippen molar-refractivity contribution >= 4 is 16.8 Å². The lowest BCUT2D eigenvalue weighted by Gasteiger charge is -2.06. The molecule has 94 valence electrons. The number of nitro groups is 1. The van der Waals surface area contributed by atoms with Gasteiger partial charge in [-0.2, -0.15) is 0 Å².